The van der Waals surface area contributed by atoms with Crippen molar-refractivity contribution in [3.63, 3.8) is 0 Å². The van der Waals surface area contributed by atoms with E-state index in [0.29, 0.717) is 17.9 Å². The van der Waals surface area contributed by atoms with Crippen molar-refractivity contribution in [1.29, 1.82) is 0 Å². The van der Waals surface area contributed by atoms with E-state index in [9.17, 15) is 4.79 Å². The van der Waals surface area contributed by atoms with Crippen molar-refractivity contribution >= 4 is 5.91 Å². The first-order valence-corrected chi connectivity index (χ1v) is 7.63. The Labute approximate surface area is 126 Å². The maximum atomic E-state index is 12.5. The van der Waals surface area contributed by atoms with Crippen LogP contribution in [0.4, 0.5) is 0 Å². The predicted octanol–water partition coefficient (Wildman–Crippen LogP) is 2.65. The number of benzene rings is 1. The third-order valence-electron chi connectivity index (χ3n) is 4.06. The number of aliphatic hydroxyl groups excluding tert-OH is 1. The van der Waals surface area contributed by atoms with Crippen LogP contribution in [0.15, 0.2) is 18.2 Å². The van der Waals surface area contributed by atoms with E-state index in [1.165, 1.54) is 12.8 Å². The second-order valence-corrected chi connectivity index (χ2v) is 5.81. The van der Waals surface area contributed by atoms with Crippen LogP contribution in [-0.4, -0.2) is 23.7 Å². The number of amides is 1. The Morgan fingerprint density at radius 3 is 2.90 bits per heavy atom. The predicted molar refractivity (Wildman–Crippen MR) is 84.0 cm³/mol. The molecule has 2 rings (SSSR count). The Balaban J connectivity index is 2.18. The molecule has 0 aromatic heterocycles. The second kappa shape index (κ2) is 7.28. The van der Waals surface area contributed by atoms with Crippen molar-refractivity contribution in [3.05, 3.63) is 34.9 Å². The highest BCUT2D eigenvalue weighted by molar-refractivity contribution is 5.97. The molecule has 1 aliphatic rings. The summed E-state index contributed by atoms with van der Waals surface area (Å²) in [5, 5.41) is 12.0. The SMILES string of the molecule is Cc1ccc(C(=O)NC2CCCC2C)c(C#CCCO)c1. The van der Waals surface area contributed by atoms with E-state index < -0.39 is 0 Å². The molecular formula is C18H23NO2. The maximum absolute atomic E-state index is 12.5. The molecule has 112 valence electrons. The second-order valence-electron chi connectivity index (χ2n) is 5.81. The first-order chi connectivity index (χ1) is 10.1. The van der Waals surface area contributed by atoms with Gasteiger partial charge >= 0.3 is 0 Å². The fourth-order valence-corrected chi connectivity index (χ4v) is 2.78. The minimum Gasteiger partial charge on any atom is -0.395 e. The number of hydrogen-bond acceptors (Lipinski definition) is 2. The third kappa shape index (κ3) is 4.09. The topological polar surface area (TPSA) is 49.3 Å². The van der Waals surface area contributed by atoms with Crippen LogP contribution in [0.25, 0.3) is 0 Å². The Morgan fingerprint density at radius 2 is 2.24 bits per heavy atom. The Morgan fingerprint density at radius 1 is 1.43 bits per heavy atom. The molecule has 1 aliphatic carbocycles. The maximum Gasteiger partial charge on any atom is 0.252 e. The molecule has 21 heavy (non-hydrogen) atoms. The minimum atomic E-state index is -0.0398. The van der Waals surface area contributed by atoms with Gasteiger partial charge < -0.3 is 10.4 Å². The first kappa shape index (κ1) is 15.6. The van der Waals surface area contributed by atoms with Crippen LogP contribution in [0, 0.1) is 24.7 Å². The number of rotatable bonds is 3. The standard InChI is InChI=1S/C18H23NO2/c1-13-9-10-16(15(12-13)7-3-4-11-20)18(21)19-17-8-5-6-14(17)2/h9-10,12,14,17,20H,4-6,8,11H2,1-2H3,(H,19,21). The summed E-state index contributed by atoms with van der Waals surface area (Å²) in [7, 11) is 0. The summed E-state index contributed by atoms with van der Waals surface area (Å²) in [5.74, 6) is 6.40. The van der Waals surface area contributed by atoms with E-state index in [1.807, 2.05) is 25.1 Å². The molecular weight excluding hydrogens is 262 g/mol. The molecule has 0 heterocycles. The van der Waals surface area contributed by atoms with Crippen molar-refractivity contribution in [3.8, 4) is 11.8 Å². The van der Waals surface area contributed by atoms with Gasteiger partial charge in [-0.25, -0.2) is 0 Å². The fraction of sp³-hybridized carbons (Fsp3) is 0.500. The zero-order valence-corrected chi connectivity index (χ0v) is 12.8. The molecule has 0 spiro atoms. The van der Waals surface area contributed by atoms with Gasteiger partial charge in [0.05, 0.1) is 12.2 Å². The highest BCUT2D eigenvalue weighted by Crippen LogP contribution is 2.25. The lowest BCUT2D eigenvalue weighted by Gasteiger charge is -2.18. The van der Waals surface area contributed by atoms with E-state index in [4.69, 9.17) is 5.11 Å². The highest BCUT2D eigenvalue weighted by atomic mass is 16.2. The molecule has 0 saturated heterocycles. The normalized spacial score (nSPS) is 20.7. The number of carbonyl (C=O) groups is 1. The van der Waals surface area contributed by atoms with Gasteiger partial charge in [-0.15, -0.1) is 0 Å². The molecule has 0 aliphatic heterocycles. The third-order valence-corrected chi connectivity index (χ3v) is 4.06. The van der Waals surface area contributed by atoms with Crippen molar-refractivity contribution in [2.75, 3.05) is 6.61 Å². The van der Waals surface area contributed by atoms with Gasteiger partial charge in [0, 0.05) is 18.0 Å². The Hall–Kier alpha value is -1.79. The van der Waals surface area contributed by atoms with Crippen LogP contribution in [0.3, 0.4) is 0 Å². The lowest BCUT2D eigenvalue weighted by atomic mass is 10.0. The van der Waals surface area contributed by atoms with Gasteiger partial charge in [-0.2, -0.15) is 0 Å². The van der Waals surface area contributed by atoms with Crippen molar-refractivity contribution in [2.24, 2.45) is 5.92 Å². The largest absolute Gasteiger partial charge is 0.395 e. The smallest absolute Gasteiger partial charge is 0.252 e. The molecule has 1 aromatic carbocycles. The monoisotopic (exact) mass is 285 g/mol. The summed E-state index contributed by atoms with van der Waals surface area (Å²) in [5.41, 5.74) is 2.45. The fourth-order valence-electron chi connectivity index (χ4n) is 2.78. The molecule has 1 amide bonds. The summed E-state index contributed by atoms with van der Waals surface area (Å²) >= 11 is 0. The van der Waals surface area contributed by atoms with E-state index in [1.54, 1.807) is 0 Å². The van der Waals surface area contributed by atoms with Gasteiger partial charge in [0.1, 0.15) is 0 Å². The average molecular weight is 285 g/mol. The van der Waals surface area contributed by atoms with Crippen LogP contribution >= 0.6 is 0 Å². The lowest BCUT2D eigenvalue weighted by Crippen LogP contribution is -2.36. The molecule has 1 aromatic rings. The van der Waals surface area contributed by atoms with Crippen molar-refractivity contribution in [2.45, 2.75) is 45.6 Å². The molecule has 3 nitrogen and oxygen atoms in total. The Kier molecular flexibility index (Phi) is 5.41. The average Bonchev–Trinajstić information content (AvgIpc) is 2.84. The van der Waals surface area contributed by atoms with Crippen LogP contribution in [-0.2, 0) is 0 Å². The molecule has 2 N–H and O–H groups in total. The van der Waals surface area contributed by atoms with Crippen LogP contribution in [0.2, 0.25) is 0 Å². The zero-order chi connectivity index (χ0) is 15.2. The number of carbonyl (C=O) groups excluding carboxylic acids is 1. The van der Waals surface area contributed by atoms with Gasteiger partial charge in [0.25, 0.3) is 5.91 Å². The number of hydrogen-bond donors (Lipinski definition) is 2. The van der Waals surface area contributed by atoms with E-state index in [2.05, 4.69) is 24.1 Å². The zero-order valence-electron chi connectivity index (χ0n) is 12.8. The quantitative estimate of drug-likeness (QED) is 0.839. The van der Waals surface area contributed by atoms with E-state index in [-0.39, 0.29) is 18.6 Å². The molecule has 2 unspecified atom stereocenters. The van der Waals surface area contributed by atoms with Crippen molar-refractivity contribution in [1.82, 2.24) is 5.32 Å². The summed E-state index contributed by atoms with van der Waals surface area (Å²) in [6.45, 7) is 4.22. The van der Waals surface area contributed by atoms with Crippen LogP contribution in [0.1, 0.15) is 54.1 Å². The van der Waals surface area contributed by atoms with Crippen molar-refractivity contribution < 1.29 is 9.90 Å². The van der Waals surface area contributed by atoms with Crippen LogP contribution in [0.5, 0.6) is 0 Å². The number of aliphatic hydroxyl groups is 1. The molecule has 0 bridgehead atoms. The number of aryl methyl sites for hydroxylation is 1. The Bertz CT molecular complexity index is 568. The van der Waals surface area contributed by atoms with Gasteiger partial charge in [-0.1, -0.05) is 31.3 Å². The molecule has 3 heteroatoms. The summed E-state index contributed by atoms with van der Waals surface area (Å²) in [6, 6.07) is 5.98. The molecule has 2 atom stereocenters. The van der Waals surface area contributed by atoms with E-state index >= 15 is 0 Å². The lowest BCUT2D eigenvalue weighted by molar-refractivity contribution is 0.0929. The first-order valence-electron chi connectivity index (χ1n) is 7.63. The summed E-state index contributed by atoms with van der Waals surface area (Å²) < 4.78 is 0. The molecule has 0 radical (unpaired) electrons. The molecule has 1 fully saturated rings. The molecule has 1 saturated carbocycles. The van der Waals surface area contributed by atoms with Gasteiger partial charge in [0.15, 0.2) is 0 Å². The van der Waals surface area contributed by atoms with E-state index in [0.717, 1.165) is 17.5 Å². The minimum absolute atomic E-state index is 0.0398. The van der Waals surface area contributed by atoms with Gasteiger partial charge in [-0.3, -0.25) is 4.79 Å². The van der Waals surface area contributed by atoms with Gasteiger partial charge in [-0.05, 0) is 43.4 Å². The number of nitrogens with one attached hydrogen (secondary N) is 1. The highest BCUT2D eigenvalue weighted by Gasteiger charge is 2.25. The summed E-state index contributed by atoms with van der Waals surface area (Å²) in [4.78, 5) is 12.5. The summed E-state index contributed by atoms with van der Waals surface area (Å²) in [6.07, 6.45) is 3.85. The van der Waals surface area contributed by atoms with Crippen LogP contribution < -0.4 is 5.32 Å². The van der Waals surface area contributed by atoms with Gasteiger partial charge in [0.2, 0.25) is 0 Å².